The molecule has 0 aliphatic heterocycles. The first-order chi connectivity index (χ1) is 17.7. The van der Waals surface area contributed by atoms with Gasteiger partial charge in [0.15, 0.2) is 0 Å². The Hall–Kier alpha value is -4.46. The smallest absolute Gasteiger partial charge is 0.425 e. The zero-order valence-corrected chi connectivity index (χ0v) is 19.4. The summed E-state index contributed by atoms with van der Waals surface area (Å²) in [5.74, 6) is -3.50. The summed E-state index contributed by atoms with van der Waals surface area (Å²) in [6, 6.07) is 26.7. The third-order valence-corrected chi connectivity index (χ3v) is 5.67. The molecule has 4 aromatic carbocycles. The maximum absolute atomic E-state index is 14.0. The Morgan fingerprint density at radius 1 is 0.676 bits per heavy atom. The van der Waals surface area contributed by atoms with Gasteiger partial charge >= 0.3 is 18.1 Å². The molecule has 8 heteroatoms. The monoisotopic (exact) mass is 506 g/mol. The molecule has 0 saturated carbocycles. The molecular weight excluding hydrogens is 485 g/mol. The molecule has 0 aromatic heterocycles. The van der Waals surface area contributed by atoms with Crippen molar-refractivity contribution in [3.63, 3.8) is 0 Å². The minimum Gasteiger partial charge on any atom is -0.451 e. The van der Waals surface area contributed by atoms with E-state index in [-0.39, 0.29) is 16.7 Å². The van der Waals surface area contributed by atoms with Crippen molar-refractivity contribution in [2.45, 2.75) is 24.8 Å². The maximum Gasteiger partial charge on any atom is 0.425 e. The van der Waals surface area contributed by atoms with Gasteiger partial charge in [-0.3, -0.25) is 4.79 Å². The number of ether oxygens (including phenoxy) is 2. The Morgan fingerprint density at radius 3 is 1.86 bits per heavy atom. The van der Waals surface area contributed by atoms with Gasteiger partial charge in [-0.15, -0.1) is 0 Å². The summed E-state index contributed by atoms with van der Waals surface area (Å²) < 4.78 is 52.2. The number of alkyl halides is 3. The first kappa shape index (κ1) is 25.6. The molecule has 37 heavy (non-hydrogen) atoms. The van der Waals surface area contributed by atoms with Gasteiger partial charge in [-0.05, 0) is 34.5 Å². The average Bonchev–Trinajstić information content (AvgIpc) is 2.91. The lowest BCUT2D eigenvalue weighted by atomic mass is 9.99. The molecule has 4 aromatic rings. The number of halogens is 3. The van der Waals surface area contributed by atoms with E-state index in [2.05, 4.69) is 0 Å². The summed E-state index contributed by atoms with van der Waals surface area (Å²) in [6.45, 7) is 0. The number of carbonyl (C=O) groups is 3. The van der Waals surface area contributed by atoms with Crippen molar-refractivity contribution in [2.75, 3.05) is 0 Å². The van der Waals surface area contributed by atoms with E-state index in [9.17, 15) is 27.6 Å². The van der Waals surface area contributed by atoms with E-state index in [0.29, 0.717) is 5.39 Å². The number of Topliss-reactive ketones (excluding diaryl/α,β-unsaturated/α-hetero) is 1. The lowest BCUT2D eigenvalue weighted by Crippen LogP contribution is -2.36. The Kier molecular flexibility index (Phi) is 7.67. The molecule has 0 bridgehead atoms. The molecule has 2 unspecified atom stereocenters. The standard InChI is InChI=1S/C29H21F3O5/c30-29(31,32)25(37-27(34)21-12-5-2-6-13-21)18-24(23-16-15-19-9-7-8-14-22(19)17-23)36-28(35)26(33)20-10-3-1-4-11-20/h1-17,24-25H,18H2. The molecule has 0 N–H and O–H groups in total. The fourth-order valence-electron chi connectivity index (χ4n) is 3.76. The minimum atomic E-state index is -4.96. The van der Waals surface area contributed by atoms with Crippen LogP contribution in [0.1, 0.15) is 38.8 Å². The highest BCUT2D eigenvalue weighted by Crippen LogP contribution is 2.34. The van der Waals surface area contributed by atoms with E-state index >= 15 is 0 Å². The zero-order chi connectivity index (χ0) is 26.4. The number of hydrogen-bond acceptors (Lipinski definition) is 5. The topological polar surface area (TPSA) is 69.7 Å². The summed E-state index contributed by atoms with van der Waals surface area (Å²) in [6.07, 6.45) is -10.0. The van der Waals surface area contributed by atoms with Crippen LogP contribution in [0.15, 0.2) is 103 Å². The van der Waals surface area contributed by atoms with Crippen LogP contribution < -0.4 is 0 Å². The van der Waals surface area contributed by atoms with Gasteiger partial charge < -0.3 is 9.47 Å². The van der Waals surface area contributed by atoms with Gasteiger partial charge in [0.25, 0.3) is 5.78 Å². The molecule has 0 amide bonds. The van der Waals surface area contributed by atoms with E-state index in [4.69, 9.17) is 9.47 Å². The molecule has 0 fully saturated rings. The summed E-state index contributed by atoms with van der Waals surface area (Å²) in [5.41, 5.74) is 0.195. The van der Waals surface area contributed by atoms with E-state index < -0.39 is 42.5 Å². The van der Waals surface area contributed by atoms with E-state index in [1.165, 1.54) is 42.5 Å². The SMILES string of the molecule is O=C(OC(CC(OC(=O)c1ccccc1)C(F)(F)F)c1ccc2ccccc2c1)C(=O)c1ccccc1. The largest absolute Gasteiger partial charge is 0.451 e. The number of esters is 2. The molecule has 0 saturated heterocycles. The molecule has 5 nitrogen and oxygen atoms in total. The van der Waals surface area contributed by atoms with E-state index in [0.717, 1.165) is 5.39 Å². The van der Waals surface area contributed by atoms with Crippen LogP contribution >= 0.6 is 0 Å². The second kappa shape index (κ2) is 11.1. The van der Waals surface area contributed by atoms with Crippen LogP contribution in [0, 0.1) is 0 Å². The highest BCUT2D eigenvalue weighted by Gasteiger charge is 2.45. The fraction of sp³-hybridized carbons (Fsp3) is 0.138. The zero-order valence-electron chi connectivity index (χ0n) is 19.4. The molecular formula is C29H21F3O5. The lowest BCUT2D eigenvalue weighted by molar-refractivity contribution is -0.213. The predicted octanol–water partition coefficient (Wildman–Crippen LogP) is 6.49. The Labute approximate surface area is 210 Å². The first-order valence-electron chi connectivity index (χ1n) is 11.3. The molecule has 4 rings (SSSR count). The molecule has 0 spiro atoms. The quantitative estimate of drug-likeness (QED) is 0.155. The molecule has 0 radical (unpaired) electrons. The van der Waals surface area contributed by atoms with Crippen LogP contribution in [0.25, 0.3) is 10.8 Å². The van der Waals surface area contributed by atoms with Crippen molar-refractivity contribution in [3.8, 4) is 0 Å². The van der Waals surface area contributed by atoms with Crippen molar-refractivity contribution in [3.05, 3.63) is 120 Å². The third kappa shape index (κ3) is 6.41. The van der Waals surface area contributed by atoms with Crippen LogP contribution in [-0.4, -0.2) is 30.0 Å². The molecule has 0 aliphatic rings. The van der Waals surface area contributed by atoms with Crippen LogP contribution in [0.5, 0.6) is 0 Å². The highest BCUT2D eigenvalue weighted by molar-refractivity contribution is 6.40. The van der Waals surface area contributed by atoms with Crippen molar-refractivity contribution in [1.82, 2.24) is 0 Å². The lowest BCUT2D eigenvalue weighted by Gasteiger charge is -2.26. The van der Waals surface area contributed by atoms with Gasteiger partial charge in [-0.25, -0.2) is 9.59 Å². The van der Waals surface area contributed by atoms with Crippen molar-refractivity contribution < 1.29 is 37.0 Å². The molecule has 188 valence electrons. The number of carbonyl (C=O) groups excluding carboxylic acids is 3. The normalized spacial score (nSPS) is 12.9. The second-order valence-electron chi connectivity index (χ2n) is 8.23. The number of benzene rings is 4. The van der Waals surface area contributed by atoms with Crippen LogP contribution in [-0.2, 0) is 14.3 Å². The van der Waals surface area contributed by atoms with Gasteiger partial charge in [-0.2, -0.15) is 13.2 Å². The first-order valence-corrected chi connectivity index (χ1v) is 11.3. The van der Waals surface area contributed by atoms with Gasteiger partial charge in [0.1, 0.15) is 6.10 Å². The Morgan fingerprint density at radius 2 is 1.24 bits per heavy atom. The van der Waals surface area contributed by atoms with Gasteiger partial charge in [0.05, 0.1) is 5.56 Å². The van der Waals surface area contributed by atoms with Crippen molar-refractivity contribution >= 4 is 28.5 Å². The van der Waals surface area contributed by atoms with Crippen molar-refractivity contribution in [1.29, 1.82) is 0 Å². The van der Waals surface area contributed by atoms with E-state index in [1.807, 2.05) is 6.07 Å². The van der Waals surface area contributed by atoms with Crippen LogP contribution in [0.3, 0.4) is 0 Å². The molecule has 0 aliphatic carbocycles. The minimum absolute atomic E-state index is 0.0349. The fourth-order valence-corrected chi connectivity index (χ4v) is 3.76. The Balaban J connectivity index is 1.65. The maximum atomic E-state index is 14.0. The Bertz CT molecular complexity index is 1400. The summed E-state index contributed by atoms with van der Waals surface area (Å²) in [5, 5.41) is 1.51. The number of rotatable bonds is 8. The summed E-state index contributed by atoms with van der Waals surface area (Å²) in [7, 11) is 0. The van der Waals surface area contributed by atoms with Crippen LogP contribution in [0.2, 0.25) is 0 Å². The van der Waals surface area contributed by atoms with E-state index in [1.54, 1.807) is 54.6 Å². The number of ketones is 1. The molecule has 2 atom stereocenters. The third-order valence-electron chi connectivity index (χ3n) is 5.67. The summed E-state index contributed by atoms with van der Waals surface area (Å²) in [4.78, 5) is 37.7. The summed E-state index contributed by atoms with van der Waals surface area (Å²) >= 11 is 0. The van der Waals surface area contributed by atoms with Gasteiger partial charge in [0, 0.05) is 12.0 Å². The van der Waals surface area contributed by atoms with Crippen molar-refractivity contribution in [2.24, 2.45) is 0 Å². The van der Waals surface area contributed by atoms with Gasteiger partial charge in [0.2, 0.25) is 6.10 Å². The average molecular weight is 506 g/mol. The predicted molar refractivity (Wildman–Crippen MR) is 130 cm³/mol. The van der Waals surface area contributed by atoms with Gasteiger partial charge in [-0.1, -0.05) is 84.9 Å². The molecule has 0 heterocycles. The number of hydrogen-bond donors (Lipinski definition) is 0. The second-order valence-corrected chi connectivity index (χ2v) is 8.23. The van der Waals surface area contributed by atoms with Crippen LogP contribution in [0.4, 0.5) is 13.2 Å². The highest BCUT2D eigenvalue weighted by atomic mass is 19.4. The number of fused-ring (bicyclic) bond motifs is 1.